The third-order valence-corrected chi connectivity index (χ3v) is 6.50. The van der Waals surface area contributed by atoms with Crippen LogP contribution in [0.3, 0.4) is 0 Å². The Hall–Kier alpha value is -2.64. The molecule has 0 aliphatic heterocycles. The second-order valence-electron chi connectivity index (χ2n) is 5.14. The number of benzene rings is 3. The lowest BCUT2D eigenvalue weighted by Gasteiger charge is -2.18. The molecule has 0 bridgehead atoms. The average molecular weight is 322 g/mol. The Morgan fingerprint density at radius 3 is 1.74 bits per heavy atom. The van der Waals surface area contributed by atoms with Crippen molar-refractivity contribution in [2.45, 2.75) is 0 Å². The van der Waals surface area contributed by atoms with Gasteiger partial charge in [-0.25, -0.2) is 0 Å². The van der Waals surface area contributed by atoms with Gasteiger partial charge in [0.05, 0.1) is 0 Å². The maximum atomic E-state index is 13.8. The van der Waals surface area contributed by atoms with Crippen molar-refractivity contribution < 1.29 is 14.5 Å². The van der Waals surface area contributed by atoms with Crippen LogP contribution in [0, 0.1) is 0 Å². The highest BCUT2D eigenvalue weighted by molar-refractivity contribution is 7.93. The summed E-state index contributed by atoms with van der Waals surface area (Å²) in [7, 11) is -3.51. The smallest absolute Gasteiger partial charge is 0.230 e. The van der Waals surface area contributed by atoms with Crippen molar-refractivity contribution in [2.24, 2.45) is 0 Å². The standard InChI is InChI=1S/C19H15O3P/c20-16-9-7-8-15(14-16)19(21)23(22,17-10-3-1-4-11-17)18-12-5-2-6-13-18/h1-14,20H. The Bertz CT molecular complexity index is 830. The first kappa shape index (κ1) is 15.3. The molecule has 0 radical (unpaired) electrons. The fraction of sp³-hybridized carbons (Fsp3) is 0. The third-order valence-electron chi connectivity index (χ3n) is 3.62. The molecule has 0 unspecified atom stereocenters. The summed E-state index contributed by atoms with van der Waals surface area (Å²) in [4.78, 5) is 13.0. The lowest BCUT2D eigenvalue weighted by atomic mass is 10.2. The van der Waals surface area contributed by atoms with E-state index >= 15 is 0 Å². The molecule has 0 heterocycles. The Labute approximate surface area is 134 Å². The Morgan fingerprint density at radius 2 is 1.26 bits per heavy atom. The summed E-state index contributed by atoms with van der Waals surface area (Å²) in [6.07, 6.45) is 0. The molecule has 0 aromatic heterocycles. The van der Waals surface area contributed by atoms with E-state index in [1.807, 2.05) is 12.1 Å². The van der Waals surface area contributed by atoms with E-state index in [1.165, 1.54) is 12.1 Å². The largest absolute Gasteiger partial charge is 0.508 e. The van der Waals surface area contributed by atoms with Crippen LogP contribution < -0.4 is 10.6 Å². The highest BCUT2D eigenvalue weighted by Gasteiger charge is 2.36. The molecule has 0 atom stereocenters. The predicted octanol–water partition coefficient (Wildman–Crippen LogP) is 3.55. The summed E-state index contributed by atoms with van der Waals surface area (Å²) in [6, 6.07) is 23.5. The van der Waals surface area contributed by atoms with Crippen molar-refractivity contribution >= 4 is 23.3 Å². The summed E-state index contributed by atoms with van der Waals surface area (Å²) in [5.74, 6) is -0.0245. The molecule has 0 aliphatic rings. The van der Waals surface area contributed by atoms with Gasteiger partial charge < -0.3 is 9.67 Å². The molecule has 0 amide bonds. The minimum Gasteiger partial charge on any atom is -0.508 e. The zero-order valence-corrected chi connectivity index (χ0v) is 13.2. The summed E-state index contributed by atoms with van der Waals surface area (Å²) in [5.41, 5.74) is -0.244. The number of phenols is 1. The number of carbonyl (C=O) groups is 1. The zero-order chi connectivity index (χ0) is 16.3. The second-order valence-corrected chi connectivity index (χ2v) is 7.79. The number of hydrogen-bond acceptors (Lipinski definition) is 3. The average Bonchev–Trinajstić information content (AvgIpc) is 2.62. The fourth-order valence-corrected chi connectivity index (χ4v) is 4.93. The SMILES string of the molecule is O=C(c1cccc(O)c1)P(=O)(c1ccccc1)c1ccccc1. The van der Waals surface area contributed by atoms with Gasteiger partial charge in [0.1, 0.15) is 5.75 Å². The normalized spacial score (nSPS) is 11.1. The molecule has 0 aliphatic carbocycles. The quantitative estimate of drug-likeness (QED) is 0.748. The van der Waals surface area contributed by atoms with Gasteiger partial charge in [0, 0.05) is 16.2 Å². The number of rotatable bonds is 4. The maximum Gasteiger partial charge on any atom is 0.230 e. The molecule has 3 nitrogen and oxygen atoms in total. The van der Waals surface area contributed by atoms with Gasteiger partial charge in [0.2, 0.25) is 12.7 Å². The first-order valence-corrected chi connectivity index (χ1v) is 8.88. The molecule has 0 fully saturated rings. The molecule has 0 spiro atoms. The van der Waals surface area contributed by atoms with E-state index < -0.39 is 12.7 Å². The predicted molar refractivity (Wildman–Crippen MR) is 92.2 cm³/mol. The van der Waals surface area contributed by atoms with E-state index in [9.17, 15) is 14.5 Å². The molecule has 3 aromatic carbocycles. The molecule has 23 heavy (non-hydrogen) atoms. The van der Waals surface area contributed by atoms with Gasteiger partial charge in [-0.3, -0.25) is 4.79 Å². The van der Waals surface area contributed by atoms with Gasteiger partial charge in [0.25, 0.3) is 0 Å². The van der Waals surface area contributed by atoms with Crippen LogP contribution in [0.15, 0.2) is 84.9 Å². The van der Waals surface area contributed by atoms with Gasteiger partial charge in [-0.05, 0) is 12.1 Å². The van der Waals surface area contributed by atoms with Gasteiger partial charge in [-0.2, -0.15) is 0 Å². The highest BCUT2D eigenvalue weighted by Crippen LogP contribution is 2.46. The van der Waals surface area contributed by atoms with E-state index in [0.717, 1.165) is 0 Å². The second kappa shape index (κ2) is 6.23. The maximum absolute atomic E-state index is 13.8. The van der Waals surface area contributed by atoms with Crippen LogP contribution in [-0.4, -0.2) is 10.6 Å². The number of phenolic OH excluding ortho intramolecular Hbond substituents is 1. The first-order chi connectivity index (χ1) is 11.1. The molecule has 4 heteroatoms. The van der Waals surface area contributed by atoms with Crippen molar-refractivity contribution in [1.29, 1.82) is 0 Å². The molecule has 114 valence electrons. The fourth-order valence-electron chi connectivity index (χ4n) is 2.48. The van der Waals surface area contributed by atoms with Crippen LogP contribution in [0.4, 0.5) is 0 Å². The van der Waals surface area contributed by atoms with E-state index in [4.69, 9.17) is 0 Å². The van der Waals surface area contributed by atoms with Crippen LogP contribution in [0.5, 0.6) is 5.75 Å². The summed E-state index contributed by atoms with van der Waals surface area (Å²) in [6.45, 7) is 0. The van der Waals surface area contributed by atoms with Crippen LogP contribution in [0.1, 0.15) is 10.4 Å². The van der Waals surface area contributed by atoms with Crippen LogP contribution in [-0.2, 0) is 4.57 Å². The molecular formula is C19H15O3P. The van der Waals surface area contributed by atoms with Gasteiger partial charge >= 0.3 is 0 Å². The Morgan fingerprint density at radius 1 is 0.739 bits per heavy atom. The summed E-state index contributed by atoms with van der Waals surface area (Å²) >= 11 is 0. The molecular weight excluding hydrogens is 307 g/mol. The molecule has 0 saturated carbocycles. The van der Waals surface area contributed by atoms with Crippen LogP contribution in [0.2, 0.25) is 0 Å². The molecule has 1 N–H and O–H groups in total. The number of hydrogen-bond donors (Lipinski definition) is 1. The van der Waals surface area contributed by atoms with Crippen LogP contribution >= 0.6 is 7.14 Å². The van der Waals surface area contributed by atoms with Gasteiger partial charge in [-0.1, -0.05) is 72.8 Å². The van der Waals surface area contributed by atoms with Gasteiger partial charge in [0.15, 0.2) is 0 Å². The van der Waals surface area contributed by atoms with Crippen molar-refractivity contribution in [3.8, 4) is 5.75 Å². The van der Waals surface area contributed by atoms with E-state index in [0.29, 0.717) is 10.6 Å². The highest BCUT2D eigenvalue weighted by atomic mass is 31.2. The molecule has 3 rings (SSSR count). The minimum absolute atomic E-state index is 0.0245. The van der Waals surface area contributed by atoms with Crippen molar-refractivity contribution in [2.75, 3.05) is 0 Å². The van der Waals surface area contributed by atoms with E-state index in [2.05, 4.69) is 0 Å². The van der Waals surface area contributed by atoms with Crippen molar-refractivity contribution in [3.05, 3.63) is 90.5 Å². The topological polar surface area (TPSA) is 54.4 Å². The summed E-state index contributed by atoms with van der Waals surface area (Å²) < 4.78 is 13.8. The van der Waals surface area contributed by atoms with Crippen LogP contribution in [0.25, 0.3) is 0 Å². The lowest BCUT2D eigenvalue weighted by molar-refractivity contribution is 0.107. The molecule has 0 saturated heterocycles. The molecule has 3 aromatic rings. The van der Waals surface area contributed by atoms with Crippen molar-refractivity contribution in [3.63, 3.8) is 0 Å². The monoisotopic (exact) mass is 322 g/mol. The number of carbonyl (C=O) groups excluding carboxylic acids is 1. The zero-order valence-electron chi connectivity index (χ0n) is 12.3. The minimum atomic E-state index is -3.51. The Balaban J connectivity index is 2.21. The van der Waals surface area contributed by atoms with E-state index in [1.54, 1.807) is 60.7 Å². The Kier molecular flexibility index (Phi) is 4.14. The lowest BCUT2D eigenvalue weighted by Crippen LogP contribution is -2.22. The third kappa shape index (κ3) is 2.84. The van der Waals surface area contributed by atoms with Gasteiger partial charge in [-0.15, -0.1) is 0 Å². The van der Waals surface area contributed by atoms with E-state index in [-0.39, 0.29) is 11.3 Å². The van der Waals surface area contributed by atoms with Crippen molar-refractivity contribution in [1.82, 2.24) is 0 Å². The number of aromatic hydroxyl groups is 1. The first-order valence-electron chi connectivity index (χ1n) is 7.17. The summed E-state index contributed by atoms with van der Waals surface area (Å²) in [5, 5.41) is 10.6.